The third kappa shape index (κ3) is 2.30. The van der Waals surface area contributed by atoms with Crippen LogP contribution in [0.15, 0.2) is 24.3 Å². The molecule has 1 fully saturated rings. The highest BCUT2D eigenvalue weighted by Crippen LogP contribution is 2.46. The molecule has 1 aliphatic rings. The van der Waals surface area contributed by atoms with Gasteiger partial charge < -0.3 is 15.2 Å². The normalized spacial score (nSPS) is 15.8. The monoisotopic (exact) mass is 249 g/mol. The van der Waals surface area contributed by atoms with Crippen molar-refractivity contribution in [1.29, 1.82) is 0 Å². The molecule has 1 saturated carbocycles. The van der Waals surface area contributed by atoms with Crippen LogP contribution in [0.2, 0.25) is 0 Å². The summed E-state index contributed by atoms with van der Waals surface area (Å²) >= 11 is 0. The van der Waals surface area contributed by atoms with Crippen LogP contribution in [0.3, 0.4) is 0 Å². The molecule has 1 amide bonds. The number of hydrogen-bond donors (Lipinski definition) is 2. The second-order valence-corrected chi connectivity index (χ2v) is 4.42. The average molecular weight is 249 g/mol. The molecule has 1 aromatic rings. The molecular formula is C13H15NO4. The van der Waals surface area contributed by atoms with E-state index in [0.29, 0.717) is 19.4 Å². The van der Waals surface area contributed by atoms with Crippen molar-refractivity contribution in [3.8, 4) is 5.75 Å². The summed E-state index contributed by atoms with van der Waals surface area (Å²) in [6, 6.07) is 7.26. The van der Waals surface area contributed by atoms with Crippen molar-refractivity contribution in [2.24, 2.45) is 5.41 Å². The molecular weight excluding hydrogens is 234 g/mol. The number of carboxylic acids is 1. The van der Waals surface area contributed by atoms with E-state index in [2.05, 4.69) is 5.32 Å². The Kier molecular flexibility index (Phi) is 3.23. The second kappa shape index (κ2) is 4.68. The number of carboxylic acid groups (broad SMARTS) is 1. The van der Waals surface area contributed by atoms with E-state index in [0.717, 1.165) is 11.3 Å². The standard InChI is InChI=1S/C13H15NO4/c1-18-10-4-2-9(3-5-10)8-14-11(15)13(6-7-13)12(16)17/h2-5H,6-8H2,1H3,(H,14,15)(H,16,17). The number of rotatable bonds is 5. The van der Waals surface area contributed by atoms with Crippen molar-refractivity contribution < 1.29 is 19.4 Å². The van der Waals surface area contributed by atoms with Crippen molar-refractivity contribution >= 4 is 11.9 Å². The number of carbonyl (C=O) groups is 2. The number of hydrogen-bond acceptors (Lipinski definition) is 3. The van der Waals surface area contributed by atoms with E-state index in [1.165, 1.54) is 0 Å². The molecule has 0 heterocycles. The highest BCUT2D eigenvalue weighted by atomic mass is 16.5. The first-order chi connectivity index (χ1) is 8.58. The Balaban J connectivity index is 1.91. The minimum absolute atomic E-state index is 0.331. The maximum atomic E-state index is 11.7. The number of amides is 1. The predicted molar refractivity (Wildman–Crippen MR) is 64.1 cm³/mol. The molecule has 0 saturated heterocycles. The molecule has 0 spiro atoms. The summed E-state index contributed by atoms with van der Waals surface area (Å²) in [4.78, 5) is 22.7. The Morgan fingerprint density at radius 1 is 1.33 bits per heavy atom. The molecule has 0 radical (unpaired) electrons. The molecule has 0 unspecified atom stereocenters. The number of methoxy groups -OCH3 is 1. The number of benzene rings is 1. The van der Waals surface area contributed by atoms with E-state index >= 15 is 0 Å². The summed E-state index contributed by atoms with van der Waals surface area (Å²) in [6.45, 7) is 0.331. The molecule has 0 bridgehead atoms. The highest BCUT2D eigenvalue weighted by Gasteiger charge is 2.56. The Labute approximate surface area is 105 Å². The second-order valence-electron chi connectivity index (χ2n) is 4.42. The van der Waals surface area contributed by atoms with Gasteiger partial charge in [0, 0.05) is 6.54 Å². The molecule has 0 aromatic heterocycles. The third-order valence-electron chi connectivity index (χ3n) is 3.21. The van der Waals surface area contributed by atoms with Crippen LogP contribution >= 0.6 is 0 Å². The van der Waals surface area contributed by atoms with Crippen LogP contribution in [0.5, 0.6) is 5.75 Å². The zero-order valence-corrected chi connectivity index (χ0v) is 10.1. The van der Waals surface area contributed by atoms with E-state index in [1.54, 1.807) is 19.2 Å². The molecule has 2 N–H and O–H groups in total. The average Bonchev–Trinajstić information content (AvgIpc) is 3.18. The van der Waals surface area contributed by atoms with Gasteiger partial charge in [-0.15, -0.1) is 0 Å². The van der Waals surface area contributed by atoms with E-state index in [1.807, 2.05) is 12.1 Å². The summed E-state index contributed by atoms with van der Waals surface area (Å²) in [7, 11) is 1.58. The van der Waals surface area contributed by atoms with Gasteiger partial charge in [0.15, 0.2) is 0 Å². The van der Waals surface area contributed by atoms with Gasteiger partial charge in [-0.05, 0) is 30.5 Å². The third-order valence-corrected chi connectivity index (χ3v) is 3.21. The zero-order chi connectivity index (χ0) is 13.2. The van der Waals surface area contributed by atoms with Crippen molar-refractivity contribution in [1.82, 2.24) is 5.32 Å². The summed E-state index contributed by atoms with van der Waals surface area (Å²) < 4.78 is 5.03. The molecule has 18 heavy (non-hydrogen) atoms. The van der Waals surface area contributed by atoms with Gasteiger partial charge in [-0.2, -0.15) is 0 Å². The molecule has 5 heteroatoms. The van der Waals surface area contributed by atoms with Crippen LogP contribution in [0.1, 0.15) is 18.4 Å². The number of carbonyl (C=O) groups excluding carboxylic acids is 1. The lowest BCUT2D eigenvalue weighted by Crippen LogP contribution is -2.36. The molecule has 1 aromatic carbocycles. The van der Waals surface area contributed by atoms with Crippen molar-refractivity contribution in [2.75, 3.05) is 7.11 Å². The molecule has 5 nitrogen and oxygen atoms in total. The van der Waals surface area contributed by atoms with E-state index in [9.17, 15) is 9.59 Å². The van der Waals surface area contributed by atoms with Crippen LogP contribution in [-0.2, 0) is 16.1 Å². The van der Waals surface area contributed by atoms with E-state index in [4.69, 9.17) is 9.84 Å². The van der Waals surface area contributed by atoms with Crippen LogP contribution in [-0.4, -0.2) is 24.1 Å². The lowest BCUT2D eigenvalue weighted by atomic mass is 10.1. The Hall–Kier alpha value is -2.04. The first-order valence-corrected chi connectivity index (χ1v) is 5.73. The quantitative estimate of drug-likeness (QED) is 0.768. The maximum Gasteiger partial charge on any atom is 0.319 e. The highest BCUT2D eigenvalue weighted by molar-refractivity contribution is 6.04. The molecule has 2 rings (SSSR count). The van der Waals surface area contributed by atoms with Gasteiger partial charge >= 0.3 is 5.97 Å². The van der Waals surface area contributed by atoms with Crippen LogP contribution in [0.25, 0.3) is 0 Å². The van der Waals surface area contributed by atoms with Gasteiger partial charge in [-0.1, -0.05) is 12.1 Å². The molecule has 1 aliphatic carbocycles. The number of aliphatic carboxylic acids is 1. The lowest BCUT2D eigenvalue weighted by Gasteiger charge is -2.11. The van der Waals surface area contributed by atoms with Crippen LogP contribution in [0, 0.1) is 5.41 Å². The summed E-state index contributed by atoms with van der Waals surface area (Å²) in [6.07, 6.45) is 0.855. The molecule has 0 atom stereocenters. The van der Waals surface area contributed by atoms with Gasteiger partial charge in [-0.25, -0.2) is 0 Å². The van der Waals surface area contributed by atoms with Crippen LogP contribution < -0.4 is 10.1 Å². The fourth-order valence-corrected chi connectivity index (χ4v) is 1.76. The Bertz CT molecular complexity index is 462. The van der Waals surface area contributed by atoms with Gasteiger partial charge in [0.1, 0.15) is 11.2 Å². The minimum atomic E-state index is -1.17. The van der Waals surface area contributed by atoms with Gasteiger partial charge in [0.05, 0.1) is 7.11 Å². The smallest absolute Gasteiger partial charge is 0.319 e. The topological polar surface area (TPSA) is 75.6 Å². The van der Waals surface area contributed by atoms with Crippen molar-refractivity contribution in [3.05, 3.63) is 29.8 Å². The summed E-state index contributed by atoms with van der Waals surface area (Å²) in [5.74, 6) is -0.685. The molecule has 96 valence electrons. The number of nitrogens with one attached hydrogen (secondary N) is 1. The summed E-state index contributed by atoms with van der Waals surface area (Å²) in [5.41, 5.74) is -0.266. The minimum Gasteiger partial charge on any atom is -0.497 e. The predicted octanol–water partition coefficient (Wildman–Crippen LogP) is 1.18. The number of ether oxygens (including phenoxy) is 1. The van der Waals surface area contributed by atoms with Crippen molar-refractivity contribution in [2.45, 2.75) is 19.4 Å². The summed E-state index contributed by atoms with van der Waals surface area (Å²) in [5, 5.41) is 11.6. The van der Waals surface area contributed by atoms with E-state index in [-0.39, 0.29) is 0 Å². The van der Waals surface area contributed by atoms with Crippen molar-refractivity contribution in [3.63, 3.8) is 0 Å². The first-order valence-electron chi connectivity index (χ1n) is 5.73. The SMILES string of the molecule is COc1ccc(CNC(=O)C2(C(=O)O)CC2)cc1. The van der Waals surface area contributed by atoms with Gasteiger partial charge in [-0.3, -0.25) is 9.59 Å². The van der Waals surface area contributed by atoms with Gasteiger partial charge in [0.2, 0.25) is 5.91 Å². The Morgan fingerprint density at radius 3 is 2.39 bits per heavy atom. The fourth-order valence-electron chi connectivity index (χ4n) is 1.76. The fraction of sp³-hybridized carbons (Fsp3) is 0.385. The Morgan fingerprint density at radius 2 is 1.94 bits per heavy atom. The lowest BCUT2D eigenvalue weighted by molar-refractivity contribution is -0.149. The zero-order valence-electron chi connectivity index (χ0n) is 10.1. The van der Waals surface area contributed by atoms with Gasteiger partial charge in [0.25, 0.3) is 0 Å². The van der Waals surface area contributed by atoms with Crippen LogP contribution in [0.4, 0.5) is 0 Å². The maximum absolute atomic E-state index is 11.7. The molecule has 0 aliphatic heterocycles. The van der Waals surface area contributed by atoms with E-state index < -0.39 is 17.3 Å². The first kappa shape index (κ1) is 12.4. The largest absolute Gasteiger partial charge is 0.497 e.